The zero-order chi connectivity index (χ0) is 11.4. The van der Waals surface area contributed by atoms with Crippen LogP contribution in [-0.2, 0) is 9.53 Å². The number of carbonyl (C=O) groups excluding carboxylic acids is 1. The first-order valence-corrected chi connectivity index (χ1v) is 5.20. The standard InChI is InChI=1S/C13H18O2/c1-3-4-5-6-7-8-9-10-11-12-13(14)15-2/h9-12H,3-6H2,1-2H3/b10-9+,12-11+. The molecular weight excluding hydrogens is 188 g/mol. The van der Waals surface area contributed by atoms with E-state index in [-0.39, 0.29) is 5.97 Å². The molecular formula is C13H18O2. The van der Waals surface area contributed by atoms with Crippen molar-refractivity contribution < 1.29 is 9.53 Å². The Balaban J connectivity index is 3.60. The van der Waals surface area contributed by atoms with E-state index >= 15 is 0 Å². The number of hydrogen-bond donors (Lipinski definition) is 0. The number of allylic oxidation sites excluding steroid dienone is 3. The highest BCUT2D eigenvalue weighted by atomic mass is 16.5. The lowest BCUT2D eigenvalue weighted by Crippen LogP contribution is -1.92. The lowest BCUT2D eigenvalue weighted by molar-refractivity contribution is -0.134. The van der Waals surface area contributed by atoms with Crippen LogP contribution in [0.15, 0.2) is 24.3 Å². The summed E-state index contributed by atoms with van der Waals surface area (Å²) >= 11 is 0. The second-order valence-corrected chi connectivity index (χ2v) is 3.02. The molecule has 0 radical (unpaired) electrons. The van der Waals surface area contributed by atoms with Crippen LogP contribution < -0.4 is 0 Å². The molecule has 82 valence electrons. The zero-order valence-electron chi connectivity index (χ0n) is 9.45. The molecule has 0 amide bonds. The van der Waals surface area contributed by atoms with Crippen LogP contribution in [0.1, 0.15) is 32.6 Å². The molecule has 0 aliphatic rings. The Morgan fingerprint density at radius 2 is 2.13 bits per heavy atom. The summed E-state index contributed by atoms with van der Waals surface area (Å²) in [5.41, 5.74) is 0. The molecule has 0 saturated heterocycles. The van der Waals surface area contributed by atoms with Crippen molar-refractivity contribution in [3.63, 3.8) is 0 Å². The van der Waals surface area contributed by atoms with Crippen molar-refractivity contribution in [1.29, 1.82) is 0 Å². The first-order valence-electron chi connectivity index (χ1n) is 5.20. The monoisotopic (exact) mass is 206 g/mol. The summed E-state index contributed by atoms with van der Waals surface area (Å²) in [4.78, 5) is 10.6. The molecule has 0 fully saturated rings. The summed E-state index contributed by atoms with van der Waals surface area (Å²) in [6, 6.07) is 0. The van der Waals surface area contributed by atoms with Gasteiger partial charge in [-0.25, -0.2) is 4.79 Å². The highest BCUT2D eigenvalue weighted by Gasteiger charge is 1.85. The minimum Gasteiger partial charge on any atom is -0.466 e. The van der Waals surface area contributed by atoms with Crippen molar-refractivity contribution in [2.45, 2.75) is 32.6 Å². The number of carbonyl (C=O) groups is 1. The van der Waals surface area contributed by atoms with Gasteiger partial charge < -0.3 is 4.74 Å². The van der Waals surface area contributed by atoms with E-state index in [4.69, 9.17) is 0 Å². The van der Waals surface area contributed by atoms with Crippen LogP contribution in [0.3, 0.4) is 0 Å². The predicted molar refractivity (Wildman–Crippen MR) is 62.2 cm³/mol. The fraction of sp³-hybridized carbons (Fsp3) is 0.462. The highest BCUT2D eigenvalue weighted by molar-refractivity contribution is 5.82. The van der Waals surface area contributed by atoms with Crippen molar-refractivity contribution in [3.8, 4) is 11.8 Å². The number of methoxy groups -OCH3 is 1. The second-order valence-electron chi connectivity index (χ2n) is 3.02. The van der Waals surface area contributed by atoms with Gasteiger partial charge in [-0.1, -0.05) is 43.8 Å². The van der Waals surface area contributed by atoms with Crippen LogP contribution in [0, 0.1) is 11.8 Å². The third-order valence-electron chi connectivity index (χ3n) is 1.73. The second kappa shape index (κ2) is 10.6. The van der Waals surface area contributed by atoms with Gasteiger partial charge in [-0.2, -0.15) is 0 Å². The summed E-state index contributed by atoms with van der Waals surface area (Å²) in [6.45, 7) is 2.17. The van der Waals surface area contributed by atoms with E-state index in [1.165, 1.54) is 26.0 Å². The first kappa shape index (κ1) is 13.5. The summed E-state index contributed by atoms with van der Waals surface area (Å²) in [6.07, 6.45) is 11.0. The van der Waals surface area contributed by atoms with Crippen LogP contribution in [0.4, 0.5) is 0 Å². The minimum absolute atomic E-state index is 0.351. The fourth-order valence-electron chi connectivity index (χ4n) is 0.900. The van der Waals surface area contributed by atoms with Crippen molar-refractivity contribution in [3.05, 3.63) is 24.3 Å². The molecule has 0 aromatic heterocycles. The summed E-state index contributed by atoms with van der Waals surface area (Å²) in [5.74, 6) is 5.59. The molecule has 0 aromatic carbocycles. The van der Waals surface area contributed by atoms with E-state index in [9.17, 15) is 4.79 Å². The minimum atomic E-state index is -0.351. The molecule has 0 aliphatic carbocycles. The van der Waals surface area contributed by atoms with E-state index in [1.807, 2.05) is 0 Å². The molecule has 0 N–H and O–H groups in total. The lowest BCUT2D eigenvalue weighted by Gasteiger charge is -1.87. The van der Waals surface area contributed by atoms with E-state index in [0.717, 1.165) is 12.8 Å². The molecule has 0 saturated carbocycles. The van der Waals surface area contributed by atoms with Gasteiger partial charge in [-0.3, -0.25) is 0 Å². The highest BCUT2D eigenvalue weighted by Crippen LogP contribution is 1.96. The van der Waals surface area contributed by atoms with Gasteiger partial charge in [0, 0.05) is 12.5 Å². The van der Waals surface area contributed by atoms with Crippen molar-refractivity contribution in [2.75, 3.05) is 7.11 Å². The van der Waals surface area contributed by atoms with Gasteiger partial charge in [0.15, 0.2) is 0 Å². The zero-order valence-corrected chi connectivity index (χ0v) is 9.45. The first-order chi connectivity index (χ1) is 7.31. The SMILES string of the molecule is CCCCCC#C/C=C/C=C/C(=O)OC. The topological polar surface area (TPSA) is 26.3 Å². The van der Waals surface area contributed by atoms with Gasteiger partial charge in [0.05, 0.1) is 7.11 Å². The Labute approximate surface area is 92.0 Å². The fourth-order valence-corrected chi connectivity index (χ4v) is 0.900. The van der Waals surface area contributed by atoms with Gasteiger partial charge in [0.2, 0.25) is 0 Å². The molecule has 0 rings (SSSR count). The molecule has 0 heterocycles. The Hall–Kier alpha value is -1.49. The average Bonchev–Trinajstić information content (AvgIpc) is 2.26. The molecule has 2 heteroatoms. The quantitative estimate of drug-likeness (QED) is 0.227. The molecule has 0 aliphatic heterocycles. The van der Waals surface area contributed by atoms with Crippen LogP contribution in [0.2, 0.25) is 0 Å². The van der Waals surface area contributed by atoms with Crippen LogP contribution in [0.5, 0.6) is 0 Å². The number of hydrogen-bond acceptors (Lipinski definition) is 2. The third-order valence-corrected chi connectivity index (χ3v) is 1.73. The number of ether oxygens (including phenoxy) is 1. The number of esters is 1. The smallest absolute Gasteiger partial charge is 0.330 e. The predicted octanol–water partition coefficient (Wildman–Crippen LogP) is 2.86. The molecule has 15 heavy (non-hydrogen) atoms. The van der Waals surface area contributed by atoms with E-state index in [2.05, 4.69) is 23.5 Å². The van der Waals surface area contributed by atoms with E-state index < -0.39 is 0 Å². The van der Waals surface area contributed by atoms with Crippen molar-refractivity contribution in [2.24, 2.45) is 0 Å². The third kappa shape index (κ3) is 10.4. The molecule has 2 nitrogen and oxygen atoms in total. The molecule has 0 aromatic rings. The van der Waals surface area contributed by atoms with E-state index in [1.54, 1.807) is 18.2 Å². The normalized spacial score (nSPS) is 10.3. The largest absolute Gasteiger partial charge is 0.466 e. The molecule has 0 unspecified atom stereocenters. The maximum absolute atomic E-state index is 10.6. The summed E-state index contributed by atoms with van der Waals surface area (Å²) < 4.78 is 4.43. The average molecular weight is 206 g/mol. The van der Waals surface area contributed by atoms with Gasteiger partial charge >= 0.3 is 5.97 Å². The Kier molecular flexibility index (Phi) is 9.54. The van der Waals surface area contributed by atoms with Crippen LogP contribution in [0.25, 0.3) is 0 Å². The summed E-state index contributed by atoms with van der Waals surface area (Å²) in [5, 5.41) is 0. The van der Waals surface area contributed by atoms with Gasteiger partial charge in [-0.15, -0.1) is 0 Å². The van der Waals surface area contributed by atoms with Crippen LogP contribution in [-0.4, -0.2) is 13.1 Å². The maximum atomic E-state index is 10.6. The molecule has 0 atom stereocenters. The van der Waals surface area contributed by atoms with Crippen molar-refractivity contribution >= 4 is 5.97 Å². The van der Waals surface area contributed by atoms with E-state index in [0.29, 0.717) is 0 Å². The van der Waals surface area contributed by atoms with Crippen molar-refractivity contribution in [1.82, 2.24) is 0 Å². The molecule has 0 spiro atoms. The maximum Gasteiger partial charge on any atom is 0.330 e. The van der Waals surface area contributed by atoms with Gasteiger partial charge in [0.25, 0.3) is 0 Å². The Bertz CT molecular complexity index is 277. The lowest BCUT2D eigenvalue weighted by atomic mass is 10.2. The Morgan fingerprint density at radius 3 is 2.80 bits per heavy atom. The molecule has 0 bridgehead atoms. The van der Waals surface area contributed by atoms with Crippen LogP contribution >= 0.6 is 0 Å². The summed E-state index contributed by atoms with van der Waals surface area (Å²) in [7, 11) is 1.35. The van der Waals surface area contributed by atoms with Gasteiger partial charge in [-0.05, 0) is 12.5 Å². The Morgan fingerprint density at radius 1 is 1.33 bits per heavy atom. The number of rotatable bonds is 5. The van der Waals surface area contributed by atoms with Gasteiger partial charge in [0.1, 0.15) is 0 Å². The number of unbranched alkanes of at least 4 members (excludes halogenated alkanes) is 3.